The van der Waals surface area contributed by atoms with E-state index < -0.39 is 4.92 Å². The molecule has 3 aromatic carbocycles. The van der Waals surface area contributed by atoms with E-state index in [4.69, 9.17) is 4.98 Å². The average Bonchev–Trinajstić information content (AvgIpc) is 3.21. The number of thiazole rings is 1. The average molecular weight is 444 g/mol. The van der Waals surface area contributed by atoms with Gasteiger partial charge in [0.2, 0.25) is 0 Å². The van der Waals surface area contributed by atoms with Gasteiger partial charge in [0, 0.05) is 18.2 Å². The van der Waals surface area contributed by atoms with Crippen molar-refractivity contribution in [2.45, 2.75) is 20.4 Å². The highest BCUT2D eigenvalue weighted by Gasteiger charge is 2.19. The molecule has 0 aliphatic heterocycles. The van der Waals surface area contributed by atoms with Crippen LogP contribution in [0.15, 0.2) is 72.8 Å². The minimum Gasteiger partial charge on any atom is -0.280 e. The van der Waals surface area contributed by atoms with Crippen LogP contribution in [0.25, 0.3) is 16.3 Å². The third kappa shape index (κ3) is 4.73. The highest BCUT2D eigenvalue weighted by atomic mass is 32.1. The van der Waals surface area contributed by atoms with Crippen molar-refractivity contribution in [1.29, 1.82) is 0 Å². The minimum absolute atomic E-state index is 0.0133. The molecule has 0 spiro atoms. The fourth-order valence-corrected chi connectivity index (χ4v) is 4.59. The number of non-ortho nitro benzene ring substituents is 1. The Hall–Kier alpha value is -3.84. The lowest BCUT2D eigenvalue weighted by Crippen LogP contribution is -2.28. The molecular weight excluding hydrogens is 422 g/mol. The van der Waals surface area contributed by atoms with Crippen molar-refractivity contribution in [3.05, 3.63) is 105 Å². The second-order valence-electron chi connectivity index (χ2n) is 7.52. The zero-order valence-electron chi connectivity index (χ0n) is 17.7. The smallest absolute Gasteiger partial charge is 0.269 e. The first-order chi connectivity index (χ1) is 15.4. The molecule has 0 aliphatic carbocycles. The number of carbonyl (C=O) groups excluding carboxylic acids is 1. The third-order valence-electron chi connectivity index (χ3n) is 5.02. The maximum atomic E-state index is 13.2. The Morgan fingerprint density at radius 2 is 1.81 bits per heavy atom. The number of hydrogen-bond acceptors (Lipinski definition) is 5. The lowest BCUT2D eigenvalue weighted by molar-refractivity contribution is -0.384. The standard InChI is InChI=1S/C25H21N3O3S/c1-17-14-18(2)24-22(15-17)32-25(26-24)27(16-20-6-4-3-5-7-20)23(29)13-10-19-8-11-21(12-9-19)28(30)31/h3-15H,16H2,1-2H3/b13-10+. The van der Waals surface area contributed by atoms with Crippen molar-refractivity contribution < 1.29 is 9.72 Å². The lowest BCUT2D eigenvalue weighted by atomic mass is 10.1. The first-order valence-corrected chi connectivity index (χ1v) is 10.9. The highest BCUT2D eigenvalue weighted by molar-refractivity contribution is 7.22. The molecule has 160 valence electrons. The van der Waals surface area contributed by atoms with Crippen LogP contribution < -0.4 is 4.90 Å². The van der Waals surface area contributed by atoms with Crippen LogP contribution in [0.5, 0.6) is 0 Å². The van der Waals surface area contributed by atoms with Crippen molar-refractivity contribution in [2.24, 2.45) is 0 Å². The number of rotatable bonds is 6. The Bertz CT molecular complexity index is 1310. The predicted molar refractivity (Wildman–Crippen MR) is 129 cm³/mol. The number of nitro benzene ring substituents is 1. The summed E-state index contributed by atoms with van der Waals surface area (Å²) in [6.07, 6.45) is 3.14. The quantitative estimate of drug-likeness (QED) is 0.206. The summed E-state index contributed by atoms with van der Waals surface area (Å²) in [6.45, 7) is 4.46. The summed E-state index contributed by atoms with van der Waals surface area (Å²) >= 11 is 1.49. The second kappa shape index (κ2) is 9.11. The Labute approximate surface area is 189 Å². The van der Waals surface area contributed by atoms with Gasteiger partial charge in [0.05, 0.1) is 21.7 Å². The number of carbonyl (C=O) groups is 1. The fraction of sp³-hybridized carbons (Fsp3) is 0.120. The summed E-state index contributed by atoms with van der Waals surface area (Å²) in [5, 5.41) is 11.5. The number of hydrogen-bond donors (Lipinski definition) is 0. The molecule has 0 saturated carbocycles. The van der Waals surface area contributed by atoms with E-state index in [0.717, 1.165) is 26.9 Å². The van der Waals surface area contributed by atoms with Gasteiger partial charge in [0.25, 0.3) is 11.6 Å². The van der Waals surface area contributed by atoms with Gasteiger partial charge in [-0.05, 0) is 60.4 Å². The van der Waals surface area contributed by atoms with Gasteiger partial charge >= 0.3 is 0 Å². The van der Waals surface area contributed by atoms with Crippen LogP contribution in [-0.4, -0.2) is 15.8 Å². The van der Waals surface area contributed by atoms with Crippen LogP contribution in [0.2, 0.25) is 0 Å². The third-order valence-corrected chi connectivity index (χ3v) is 6.05. The monoisotopic (exact) mass is 443 g/mol. The molecule has 0 fully saturated rings. The Kier molecular flexibility index (Phi) is 6.09. The van der Waals surface area contributed by atoms with Crippen LogP contribution in [0, 0.1) is 24.0 Å². The largest absolute Gasteiger partial charge is 0.280 e. The van der Waals surface area contributed by atoms with Crippen molar-refractivity contribution in [1.82, 2.24) is 4.98 Å². The van der Waals surface area contributed by atoms with Gasteiger partial charge in [-0.25, -0.2) is 4.98 Å². The normalized spacial score (nSPS) is 11.2. The van der Waals surface area contributed by atoms with Crippen LogP contribution in [0.3, 0.4) is 0 Å². The summed E-state index contributed by atoms with van der Waals surface area (Å²) in [5.74, 6) is -0.208. The topological polar surface area (TPSA) is 76.3 Å². The molecule has 4 aromatic rings. The Morgan fingerprint density at radius 3 is 2.50 bits per heavy atom. The van der Waals surface area contributed by atoms with Gasteiger partial charge in [-0.3, -0.25) is 19.8 Å². The molecule has 0 saturated heterocycles. The molecule has 0 bridgehead atoms. The second-order valence-corrected chi connectivity index (χ2v) is 8.53. The minimum atomic E-state index is -0.447. The van der Waals surface area contributed by atoms with Crippen LogP contribution in [-0.2, 0) is 11.3 Å². The molecule has 1 aromatic heterocycles. The van der Waals surface area contributed by atoms with Gasteiger partial charge in [-0.1, -0.05) is 47.7 Å². The van der Waals surface area contributed by atoms with Gasteiger partial charge in [-0.2, -0.15) is 0 Å². The van der Waals surface area contributed by atoms with E-state index in [2.05, 4.69) is 12.1 Å². The number of amides is 1. The lowest BCUT2D eigenvalue weighted by Gasteiger charge is -2.18. The summed E-state index contributed by atoms with van der Waals surface area (Å²) in [6, 6.07) is 20.0. The van der Waals surface area contributed by atoms with Crippen LogP contribution in [0.4, 0.5) is 10.8 Å². The fourth-order valence-electron chi connectivity index (χ4n) is 3.44. The van der Waals surface area contributed by atoms with Crippen LogP contribution >= 0.6 is 11.3 Å². The number of aromatic nitrogens is 1. The maximum Gasteiger partial charge on any atom is 0.269 e. The Morgan fingerprint density at radius 1 is 1.09 bits per heavy atom. The van der Waals surface area contributed by atoms with E-state index in [9.17, 15) is 14.9 Å². The van der Waals surface area contributed by atoms with E-state index in [-0.39, 0.29) is 11.6 Å². The van der Waals surface area contributed by atoms with Crippen LogP contribution in [0.1, 0.15) is 22.3 Å². The number of anilines is 1. The number of nitro groups is 1. The first kappa shape index (κ1) is 21.4. The molecule has 0 aliphatic rings. The molecule has 0 unspecified atom stereocenters. The molecule has 6 nitrogen and oxygen atoms in total. The highest BCUT2D eigenvalue weighted by Crippen LogP contribution is 2.32. The molecule has 0 radical (unpaired) electrons. The number of aryl methyl sites for hydroxylation is 2. The maximum absolute atomic E-state index is 13.2. The van der Waals surface area contributed by atoms with E-state index in [0.29, 0.717) is 17.2 Å². The summed E-state index contributed by atoms with van der Waals surface area (Å²) in [5.41, 5.74) is 4.86. The Balaban J connectivity index is 1.66. The van der Waals surface area contributed by atoms with Crippen molar-refractivity contribution in [3.8, 4) is 0 Å². The zero-order chi connectivity index (χ0) is 22.7. The molecule has 1 heterocycles. The molecule has 4 rings (SSSR count). The molecular formula is C25H21N3O3S. The molecule has 32 heavy (non-hydrogen) atoms. The summed E-state index contributed by atoms with van der Waals surface area (Å²) in [7, 11) is 0. The number of nitrogens with zero attached hydrogens (tertiary/aromatic N) is 3. The molecule has 0 atom stereocenters. The van der Waals surface area contributed by atoms with Gasteiger partial charge in [0.1, 0.15) is 0 Å². The van der Waals surface area contributed by atoms with Crippen molar-refractivity contribution in [2.75, 3.05) is 4.90 Å². The van der Waals surface area contributed by atoms with Crippen molar-refractivity contribution in [3.63, 3.8) is 0 Å². The molecule has 0 N–H and O–H groups in total. The molecule has 1 amide bonds. The van der Waals surface area contributed by atoms with Gasteiger partial charge in [-0.15, -0.1) is 0 Å². The number of fused-ring (bicyclic) bond motifs is 1. The summed E-state index contributed by atoms with van der Waals surface area (Å²) in [4.78, 5) is 30.0. The van der Waals surface area contributed by atoms with E-state index >= 15 is 0 Å². The summed E-state index contributed by atoms with van der Waals surface area (Å²) < 4.78 is 1.04. The van der Waals surface area contributed by atoms with Crippen molar-refractivity contribution >= 4 is 44.4 Å². The van der Waals surface area contributed by atoms with E-state index in [1.807, 2.05) is 44.2 Å². The predicted octanol–water partition coefficient (Wildman–Crippen LogP) is 6.07. The first-order valence-electron chi connectivity index (χ1n) is 10.1. The van der Waals surface area contributed by atoms with E-state index in [1.165, 1.54) is 29.5 Å². The van der Waals surface area contributed by atoms with E-state index in [1.54, 1.807) is 23.1 Å². The SMILES string of the molecule is Cc1cc(C)c2nc(N(Cc3ccccc3)C(=O)/C=C/c3ccc([N+](=O)[O-])cc3)sc2c1. The van der Waals surface area contributed by atoms with Gasteiger partial charge in [0.15, 0.2) is 5.13 Å². The number of benzene rings is 3. The zero-order valence-corrected chi connectivity index (χ0v) is 18.5. The molecule has 7 heteroatoms. The van der Waals surface area contributed by atoms with Gasteiger partial charge < -0.3 is 0 Å².